The van der Waals surface area contributed by atoms with Gasteiger partial charge in [-0.15, -0.1) is 0 Å². The Morgan fingerprint density at radius 2 is 1.58 bits per heavy atom. The lowest BCUT2D eigenvalue weighted by atomic mass is 10.1. The second kappa shape index (κ2) is 22.1. The lowest BCUT2D eigenvalue weighted by Crippen LogP contribution is -2.57. The molecule has 6 amide bonds. The Kier molecular flexibility index (Phi) is 18.3. The van der Waals surface area contributed by atoms with E-state index in [0.717, 1.165) is 0 Å². The van der Waals surface area contributed by atoms with Gasteiger partial charge in [0, 0.05) is 32.0 Å². The lowest BCUT2D eigenvalue weighted by Gasteiger charge is -2.26. The van der Waals surface area contributed by atoms with Crippen LogP contribution in [0.5, 0.6) is 0 Å². The van der Waals surface area contributed by atoms with Crippen LogP contribution in [0.3, 0.4) is 0 Å². The van der Waals surface area contributed by atoms with Gasteiger partial charge < -0.3 is 63.4 Å². The van der Waals surface area contributed by atoms with E-state index in [1.165, 1.54) is 0 Å². The number of rotatable bonds is 13. The third-order valence-electron chi connectivity index (χ3n) is 7.74. The predicted molar refractivity (Wildman–Crippen MR) is 176 cm³/mol. The number of carboxylic acids is 1. The molecule has 0 spiro atoms. The minimum absolute atomic E-state index is 0.00368. The molecule has 1 saturated heterocycles. The minimum Gasteiger partial charge on any atom is -0.480 e. The van der Waals surface area contributed by atoms with Gasteiger partial charge in [-0.3, -0.25) is 28.8 Å². The van der Waals surface area contributed by atoms with Crippen LogP contribution in [0.15, 0.2) is 30.3 Å². The van der Waals surface area contributed by atoms with Gasteiger partial charge in [0.05, 0.1) is 26.4 Å². The summed E-state index contributed by atoms with van der Waals surface area (Å²) in [7, 11) is 0. The van der Waals surface area contributed by atoms with Gasteiger partial charge in [-0.2, -0.15) is 0 Å². The first-order valence-corrected chi connectivity index (χ1v) is 16.2. The summed E-state index contributed by atoms with van der Waals surface area (Å²) in [6.45, 7) is -2.72. The average molecular weight is 709 g/mol. The zero-order valence-electron chi connectivity index (χ0n) is 27.6. The molecule has 1 fully saturated rings. The van der Waals surface area contributed by atoms with E-state index in [1.807, 2.05) is 0 Å². The number of aliphatic carboxylic acids is 1. The van der Waals surface area contributed by atoms with Gasteiger partial charge in [-0.05, 0) is 31.2 Å². The van der Waals surface area contributed by atoms with Crippen molar-refractivity contribution in [1.29, 1.82) is 0 Å². The van der Waals surface area contributed by atoms with Crippen LogP contribution >= 0.6 is 0 Å². The maximum absolute atomic E-state index is 13.1. The fourth-order valence-electron chi connectivity index (χ4n) is 4.84. The minimum atomic E-state index is -1.44. The molecule has 13 N–H and O–H groups in total. The maximum Gasteiger partial charge on any atom is 0.326 e. The number of nitrogens with one attached hydrogen (secondary N) is 7. The molecule has 6 unspecified atom stereocenters. The number of nitrogens with two attached hydrogens (primary N) is 1. The van der Waals surface area contributed by atoms with Gasteiger partial charge >= 0.3 is 5.97 Å². The molecule has 19 nitrogen and oxygen atoms in total. The lowest BCUT2D eigenvalue weighted by molar-refractivity contribution is -0.142. The van der Waals surface area contributed by atoms with Gasteiger partial charge in [0.15, 0.2) is 0 Å². The van der Waals surface area contributed by atoms with E-state index in [-0.39, 0.29) is 32.4 Å². The van der Waals surface area contributed by atoms with E-state index in [0.29, 0.717) is 24.8 Å². The second-order valence-corrected chi connectivity index (χ2v) is 11.7. The number of carboxylic acid groups (broad SMARTS) is 1. The summed E-state index contributed by atoms with van der Waals surface area (Å²) < 4.78 is 0. The quantitative estimate of drug-likeness (QED) is 0.0913. The number of benzene rings is 1. The summed E-state index contributed by atoms with van der Waals surface area (Å²) >= 11 is 0. The summed E-state index contributed by atoms with van der Waals surface area (Å²) in [5.41, 5.74) is 6.18. The van der Waals surface area contributed by atoms with Crippen molar-refractivity contribution in [1.82, 2.24) is 37.2 Å². The van der Waals surface area contributed by atoms with Crippen LogP contribution in [0.1, 0.15) is 37.7 Å². The molecule has 0 aliphatic carbocycles. The number of hydrogen-bond donors (Lipinski definition) is 12. The van der Waals surface area contributed by atoms with E-state index in [2.05, 4.69) is 37.2 Å². The van der Waals surface area contributed by atoms with Crippen LogP contribution in [0.4, 0.5) is 0 Å². The maximum atomic E-state index is 13.1. The molecule has 1 aliphatic heterocycles. The number of amides is 6. The van der Waals surface area contributed by atoms with Crippen molar-refractivity contribution in [2.75, 3.05) is 39.5 Å². The Balaban J connectivity index is 2.10. The highest BCUT2D eigenvalue weighted by Crippen LogP contribution is 2.06. The van der Waals surface area contributed by atoms with Crippen molar-refractivity contribution < 1.29 is 54.0 Å². The highest BCUT2D eigenvalue weighted by molar-refractivity contribution is 5.93. The van der Waals surface area contributed by atoms with Crippen LogP contribution in [-0.4, -0.2) is 138 Å². The van der Waals surface area contributed by atoms with Crippen molar-refractivity contribution in [3.63, 3.8) is 0 Å². The van der Waals surface area contributed by atoms with Gasteiger partial charge in [0.2, 0.25) is 35.4 Å². The van der Waals surface area contributed by atoms with Crippen LogP contribution in [0, 0.1) is 0 Å². The molecule has 278 valence electrons. The first-order valence-electron chi connectivity index (χ1n) is 16.2. The number of aliphatic hydroxyl groups excluding tert-OH is 3. The van der Waals surface area contributed by atoms with E-state index in [1.54, 1.807) is 30.3 Å². The van der Waals surface area contributed by atoms with Crippen molar-refractivity contribution >= 4 is 41.4 Å². The van der Waals surface area contributed by atoms with Crippen LogP contribution < -0.4 is 43.0 Å². The summed E-state index contributed by atoms with van der Waals surface area (Å²) in [6, 6.07) is 1.39. The zero-order chi connectivity index (χ0) is 37.1. The molecule has 0 saturated carbocycles. The Morgan fingerprint density at radius 3 is 2.22 bits per heavy atom. The highest BCUT2D eigenvalue weighted by atomic mass is 16.4. The summed E-state index contributed by atoms with van der Waals surface area (Å²) in [5.74, 6) is -5.82. The summed E-state index contributed by atoms with van der Waals surface area (Å²) in [6.07, 6.45) is 0.848. The normalized spacial score (nSPS) is 21.8. The number of hydrogen-bond acceptors (Lipinski definition) is 12. The molecule has 1 heterocycles. The molecule has 19 heteroatoms. The molecule has 1 aromatic carbocycles. The SMILES string of the molecule is NC(CO)C(=O)NC1CCC(=O)NCCCCC(CNC(CO)C(=O)NC(Cc2ccccc2)C(=O)O)NC(=O)C(CO)NC(=O)CNC1=O. The zero-order valence-corrected chi connectivity index (χ0v) is 27.6. The second-order valence-electron chi connectivity index (χ2n) is 11.7. The molecule has 50 heavy (non-hydrogen) atoms. The Morgan fingerprint density at radius 1 is 0.860 bits per heavy atom. The van der Waals surface area contributed by atoms with Crippen molar-refractivity contribution in [2.24, 2.45) is 5.73 Å². The molecule has 1 aliphatic rings. The number of carbonyl (C=O) groups is 7. The van der Waals surface area contributed by atoms with Crippen LogP contribution in [-0.2, 0) is 40.0 Å². The average Bonchev–Trinajstić information content (AvgIpc) is 3.10. The van der Waals surface area contributed by atoms with E-state index < -0.39 is 104 Å². The standard InChI is InChI=1S/C31H48N8O11/c32-20(15-40)27(45)38-21-9-10-25(43)33-11-5-4-8-19(36-30(48)24(17-42)37-26(44)14-35-28(21)46)13-34-23(16-41)29(47)39-22(31(49)50)12-18-6-2-1-3-7-18/h1-3,6-7,19-24,34,40-42H,4-5,8-17,32H2,(H,33,43)(H,35,46)(H,36,48)(H,37,44)(H,38,45)(H,39,47)(H,49,50). The highest BCUT2D eigenvalue weighted by Gasteiger charge is 2.29. The van der Waals surface area contributed by atoms with Gasteiger partial charge in [0.25, 0.3) is 0 Å². The van der Waals surface area contributed by atoms with Crippen LogP contribution in [0.2, 0.25) is 0 Å². The fourth-order valence-corrected chi connectivity index (χ4v) is 4.84. The fraction of sp³-hybridized carbons (Fsp3) is 0.581. The van der Waals surface area contributed by atoms with Crippen molar-refractivity contribution in [3.8, 4) is 0 Å². The first kappa shape index (κ1) is 41.5. The molecule has 1 aromatic rings. The molecule has 0 aromatic heterocycles. The molecule has 0 bridgehead atoms. The number of carbonyl (C=O) groups excluding carboxylic acids is 6. The Bertz CT molecular complexity index is 1300. The van der Waals surface area contributed by atoms with Gasteiger partial charge in [-0.1, -0.05) is 30.3 Å². The number of aliphatic hydroxyl groups is 3. The molecule has 0 radical (unpaired) electrons. The Labute approximate surface area is 288 Å². The smallest absolute Gasteiger partial charge is 0.326 e. The third-order valence-corrected chi connectivity index (χ3v) is 7.74. The summed E-state index contributed by atoms with van der Waals surface area (Å²) in [5, 5.41) is 56.1. The topological polar surface area (TPSA) is 311 Å². The van der Waals surface area contributed by atoms with Crippen molar-refractivity contribution in [2.45, 2.75) is 74.8 Å². The summed E-state index contributed by atoms with van der Waals surface area (Å²) in [4.78, 5) is 87.9. The molecular formula is C31H48N8O11. The first-order chi connectivity index (χ1) is 23.9. The van der Waals surface area contributed by atoms with E-state index in [4.69, 9.17) is 10.8 Å². The van der Waals surface area contributed by atoms with E-state index >= 15 is 0 Å². The van der Waals surface area contributed by atoms with Gasteiger partial charge in [0.1, 0.15) is 30.2 Å². The van der Waals surface area contributed by atoms with Gasteiger partial charge in [-0.25, -0.2) is 4.79 Å². The van der Waals surface area contributed by atoms with E-state index in [9.17, 15) is 48.9 Å². The third kappa shape index (κ3) is 14.8. The van der Waals surface area contributed by atoms with Crippen molar-refractivity contribution in [3.05, 3.63) is 35.9 Å². The Hall–Kier alpha value is -4.69. The molecule has 6 atom stereocenters. The molecule has 2 rings (SSSR count). The van der Waals surface area contributed by atoms with Crippen LogP contribution in [0.25, 0.3) is 0 Å². The molecular weight excluding hydrogens is 660 g/mol. The monoisotopic (exact) mass is 708 g/mol. The predicted octanol–water partition coefficient (Wildman–Crippen LogP) is -5.29. The largest absolute Gasteiger partial charge is 0.480 e.